The SMILES string of the molecule is CC(O)C(N)=c1[nH]c(=Cc2c[nH]c3ccccc23)c(=O)n1CC=O. The second-order valence-electron chi connectivity index (χ2n) is 5.53. The fraction of sp³-hybridized carbons (Fsp3) is 0.176. The first kappa shape index (κ1) is 15.8. The maximum atomic E-state index is 12.5. The Balaban J connectivity index is 2.30. The Hall–Kier alpha value is -3.06. The number of hydrogen-bond donors (Lipinski definition) is 4. The van der Waals surface area contributed by atoms with E-state index in [4.69, 9.17) is 5.73 Å². The minimum Gasteiger partial charge on any atom is -0.397 e. The Morgan fingerprint density at radius 3 is 2.88 bits per heavy atom. The van der Waals surface area contributed by atoms with E-state index >= 15 is 0 Å². The van der Waals surface area contributed by atoms with E-state index in [0.717, 1.165) is 16.5 Å². The lowest BCUT2D eigenvalue weighted by molar-refractivity contribution is -0.108. The fourth-order valence-electron chi connectivity index (χ4n) is 2.64. The molecule has 0 saturated heterocycles. The van der Waals surface area contributed by atoms with Crippen molar-refractivity contribution in [3.63, 3.8) is 0 Å². The molecule has 7 heteroatoms. The number of carbonyl (C=O) groups excluding carboxylic acids is 1. The van der Waals surface area contributed by atoms with Crippen molar-refractivity contribution >= 4 is 29.0 Å². The van der Waals surface area contributed by atoms with Crippen LogP contribution in [-0.4, -0.2) is 32.0 Å². The number of rotatable bonds is 4. The molecular formula is C17H18N4O3. The number of nitrogens with two attached hydrogens (primary N) is 1. The molecule has 124 valence electrons. The van der Waals surface area contributed by atoms with Gasteiger partial charge in [-0.15, -0.1) is 0 Å². The molecule has 0 aliphatic heterocycles. The monoisotopic (exact) mass is 326 g/mol. The Bertz CT molecular complexity index is 1070. The highest BCUT2D eigenvalue weighted by atomic mass is 16.3. The van der Waals surface area contributed by atoms with E-state index in [1.165, 1.54) is 11.5 Å². The van der Waals surface area contributed by atoms with E-state index in [1.54, 1.807) is 12.3 Å². The van der Waals surface area contributed by atoms with E-state index in [2.05, 4.69) is 9.97 Å². The highest BCUT2D eigenvalue weighted by molar-refractivity contribution is 5.88. The Morgan fingerprint density at radius 2 is 2.17 bits per heavy atom. The van der Waals surface area contributed by atoms with Crippen LogP contribution in [0.2, 0.25) is 0 Å². The van der Waals surface area contributed by atoms with Crippen LogP contribution in [0.4, 0.5) is 0 Å². The molecule has 3 aromatic rings. The van der Waals surface area contributed by atoms with Gasteiger partial charge in [-0.1, -0.05) is 18.2 Å². The Morgan fingerprint density at radius 1 is 1.42 bits per heavy atom. The molecule has 7 nitrogen and oxygen atoms in total. The largest absolute Gasteiger partial charge is 0.397 e. The molecule has 0 bridgehead atoms. The third kappa shape index (κ3) is 2.65. The van der Waals surface area contributed by atoms with Crippen LogP contribution in [0.5, 0.6) is 0 Å². The van der Waals surface area contributed by atoms with Crippen molar-refractivity contribution in [3.05, 3.63) is 57.2 Å². The fourth-order valence-corrected chi connectivity index (χ4v) is 2.64. The van der Waals surface area contributed by atoms with Gasteiger partial charge in [-0.3, -0.25) is 9.36 Å². The third-order valence-electron chi connectivity index (χ3n) is 3.90. The van der Waals surface area contributed by atoms with Gasteiger partial charge < -0.3 is 25.6 Å². The summed E-state index contributed by atoms with van der Waals surface area (Å²) in [5.74, 6) is 0. The summed E-state index contributed by atoms with van der Waals surface area (Å²) < 4.78 is 1.22. The van der Waals surface area contributed by atoms with Gasteiger partial charge in [0.1, 0.15) is 17.1 Å². The second kappa shape index (κ2) is 6.21. The number of carbonyl (C=O) groups is 1. The van der Waals surface area contributed by atoms with Crippen LogP contribution in [0.25, 0.3) is 22.7 Å². The van der Waals surface area contributed by atoms with Gasteiger partial charge >= 0.3 is 0 Å². The number of nitrogens with one attached hydrogen (secondary N) is 2. The van der Waals surface area contributed by atoms with Gasteiger partial charge in [-0.05, 0) is 19.1 Å². The maximum Gasteiger partial charge on any atom is 0.276 e. The normalized spacial score (nSPS) is 14.8. The number of aromatic nitrogens is 3. The van der Waals surface area contributed by atoms with Gasteiger partial charge in [0, 0.05) is 22.7 Å². The molecule has 0 amide bonds. The Kier molecular flexibility index (Phi) is 4.09. The first-order valence-electron chi connectivity index (χ1n) is 7.51. The van der Waals surface area contributed by atoms with Crippen molar-refractivity contribution in [3.8, 4) is 0 Å². The average Bonchev–Trinajstić information content (AvgIpc) is 3.11. The first-order chi connectivity index (χ1) is 11.5. The van der Waals surface area contributed by atoms with Crippen molar-refractivity contribution in [2.45, 2.75) is 19.6 Å². The first-order valence-corrected chi connectivity index (χ1v) is 7.51. The van der Waals surface area contributed by atoms with Crippen LogP contribution in [0.1, 0.15) is 12.5 Å². The van der Waals surface area contributed by atoms with Crippen molar-refractivity contribution in [2.24, 2.45) is 5.73 Å². The minimum atomic E-state index is -0.943. The zero-order chi connectivity index (χ0) is 17.3. The van der Waals surface area contributed by atoms with E-state index in [0.29, 0.717) is 11.6 Å². The van der Waals surface area contributed by atoms with Gasteiger partial charge in [0.2, 0.25) is 0 Å². The number of benzene rings is 1. The number of nitrogens with zero attached hydrogens (tertiary/aromatic N) is 1. The summed E-state index contributed by atoms with van der Waals surface area (Å²) in [6.07, 6.45) is 3.17. The summed E-state index contributed by atoms with van der Waals surface area (Å²) in [6.45, 7) is 1.36. The number of H-pyrrole nitrogens is 2. The summed E-state index contributed by atoms with van der Waals surface area (Å²) in [6, 6.07) is 7.72. The lowest BCUT2D eigenvalue weighted by Crippen LogP contribution is -2.35. The summed E-state index contributed by atoms with van der Waals surface area (Å²) in [5, 5.41) is 10.9. The molecule has 3 rings (SSSR count). The van der Waals surface area contributed by atoms with Gasteiger partial charge in [0.15, 0.2) is 0 Å². The predicted molar refractivity (Wildman–Crippen MR) is 91.5 cm³/mol. The number of aliphatic hydroxyl groups excluding tert-OH is 1. The van der Waals surface area contributed by atoms with Crippen molar-refractivity contribution in [2.75, 3.05) is 0 Å². The lowest BCUT2D eigenvalue weighted by Gasteiger charge is -2.04. The molecule has 1 atom stereocenters. The van der Waals surface area contributed by atoms with Crippen LogP contribution >= 0.6 is 0 Å². The summed E-state index contributed by atoms with van der Waals surface area (Å²) in [4.78, 5) is 29.5. The molecular weight excluding hydrogens is 308 g/mol. The van der Waals surface area contributed by atoms with Gasteiger partial charge in [0.25, 0.3) is 5.56 Å². The van der Waals surface area contributed by atoms with Crippen LogP contribution in [0, 0.1) is 0 Å². The number of hydrogen-bond acceptors (Lipinski definition) is 4. The molecule has 0 fully saturated rings. The molecule has 0 spiro atoms. The topological polar surface area (TPSA) is 117 Å². The van der Waals surface area contributed by atoms with E-state index in [1.807, 2.05) is 24.3 Å². The number of para-hydroxylation sites is 1. The third-order valence-corrected chi connectivity index (χ3v) is 3.90. The van der Waals surface area contributed by atoms with E-state index in [-0.39, 0.29) is 23.3 Å². The zero-order valence-corrected chi connectivity index (χ0v) is 13.1. The summed E-state index contributed by atoms with van der Waals surface area (Å²) >= 11 is 0. The van der Waals surface area contributed by atoms with E-state index in [9.17, 15) is 14.7 Å². The van der Waals surface area contributed by atoms with Crippen LogP contribution in [0.3, 0.4) is 0 Å². The van der Waals surface area contributed by atoms with Gasteiger partial charge in [0.05, 0.1) is 18.3 Å². The summed E-state index contributed by atoms with van der Waals surface area (Å²) in [5.41, 5.74) is 7.63. The number of imidazole rings is 1. The van der Waals surface area contributed by atoms with E-state index < -0.39 is 6.10 Å². The number of fused-ring (bicyclic) bond motifs is 1. The second-order valence-corrected chi connectivity index (χ2v) is 5.53. The highest BCUT2D eigenvalue weighted by Gasteiger charge is 2.10. The molecule has 0 aliphatic rings. The van der Waals surface area contributed by atoms with Crippen LogP contribution in [-0.2, 0) is 11.3 Å². The smallest absolute Gasteiger partial charge is 0.276 e. The maximum absolute atomic E-state index is 12.5. The molecule has 24 heavy (non-hydrogen) atoms. The van der Waals surface area contributed by atoms with Crippen molar-refractivity contribution in [1.82, 2.24) is 14.5 Å². The van der Waals surface area contributed by atoms with Crippen LogP contribution in [0.15, 0.2) is 35.3 Å². The molecule has 1 aromatic carbocycles. The standard InChI is InChI=1S/C17H18N4O3/c1-10(23)15(18)16-20-14(17(24)21(16)6-7-22)8-11-9-19-13-5-3-2-4-12(11)13/h2-5,7-10,19-20,23H,6,18H2,1H3. The van der Waals surface area contributed by atoms with Gasteiger partial charge in [-0.25, -0.2) is 0 Å². The van der Waals surface area contributed by atoms with Crippen molar-refractivity contribution in [1.29, 1.82) is 0 Å². The average molecular weight is 326 g/mol. The predicted octanol–water partition coefficient (Wildman–Crippen LogP) is -0.867. The van der Waals surface area contributed by atoms with Crippen LogP contribution < -0.4 is 22.1 Å². The lowest BCUT2D eigenvalue weighted by atomic mass is 10.2. The van der Waals surface area contributed by atoms with Gasteiger partial charge in [-0.2, -0.15) is 0 Å². The van der Waals surface area contributed by atoms with Crippen molar-refractivity contribution < 1.29 is 9.90 Å². The molecule has 2 heterocycles. The summed E-state index contributed by atoms with van der Waals surface area (Å²) in [7, 11) is 0. The molecule has 0 aliphatic carbocycles. The zero-order valence-electron chi connectivity index (χ0n) is 13.1. The number of aliphatic hydroxyl groups is 1. The number of aromatic amines is 2. The molecule has 0 saturated carbocycles. The minimum absolute atomic E-state index is 0.104. The Labute approximate surface area is 136 Å². The molecule has 2 aromatic heterocycles. The molecule has 1 unspecified atom stereocenters. The molecule has 0 radical (unpaired) electrons. The highest BCUT2D eigenvalue weighted by Crippen LogP contribution is 2.17. The molecule has 5 N–H and O–H groups in total. The number of aldehydes is 1. The quantitative estimate of drug-likeness (QED) is 0.466.